The third kappa shape index (κ3) is 2.97. The van der Waals surface area contributed by atoms with Crippen LogP contribution >= 0.6 is 0 Å². The van der Waals surface area contributed by atoms with E-state index in [2.05, 4.69) is 26.8 Å². The lowest BCUT2D eigenvalue weighted by Crippen LogP contribution is -2.39. The number of hydrogen-bond donors (Lipinski definition) is 1. The van der Waals surface area contributed by atoms with Gasteiger partial charge in [0.2, 0.25) is 0 Å². The highest BCUT2D eigenvalue weighted by Crippen LogP contribution is 2.46. The van der Waals surface area contributed by atoms with Crippen LogP contribution in [0.5, 0.6) is 0 Å². The summed E-state index contributed by atoms with van der Waals surface area (Å²) in [6, 6.07) is 4.05. The molecule has 0 radical (unpaired) electrons. The molecule has 0 spiro atoms. The Hall–Kier alpha value is -0.760. The van der Waals surface area contributed by atoms with Crippen LogP contribution in [-0.2, 0) is 6.42 Å². The Bertz CT molecular complexity index is 353. The van der Waals surface area contributed by atoms with E-state index in [1.54, 1.807) is 6.26 Å². The molecule has 18 heavy (non-hydrogen) atoms. The average molecular weight is 249 g/mol. The van der Waals surface area contributed by atoms with Crippen LogP contribution < -0.4 is 5.73 Å². The molecule has 2 N–H and O–H groups in total. The molecule has 1 fully saturated rings. The molecule has 0 aliphatic heterocycles. The van der Waals surface area contributed by atoms with E-state index in [1.807, 2.05) is 6.07 Å². The van der Waals surface area contributed by atoms with Crippen LogP contribution in [0, 0.1) is 16.7 Å². The Balaban J connectivity index is 2.00. The van der Waals surface area contributed by atoms with Gasteiger partial charge in [-0.2, -0.15) is 0 Å². The smallest absolute Gasteiger partial charge is 0.104 e. The van der Waals surface area contributed by atoms with Crippen molar-refractivity contribution in [1.29, 1.82) is 0 Å². The van der Waals surface area contributed by atoms with Crippen molar-refractivity contribution < 1.29 is 4.42 Å². The predicted octanol–water partition coefficient (Wildman–Crippen LogP) is 4.00. The summed E-state index contributed by atoms with van der Waals surface area (Å²) in [6.07, 6.45) is 7.87. The van der Waals surface area contributed by atoms with E-state index in [-0.39, 0.29) is 5.41 Å². The van der Waals surface area contributed by atoms with Crippen LogP contribution in [0.15, 0.2) is 22.8 Å². The molecule has 1 saturated carbocycles. The van der Waals surface area contributed by atoms with Gasteiger partial charge in [0.15, 0.2) is 0 Å². The van der Waals surface area contributed by atoms with E-state index in [9.17, 15) is 0 Å². The first-order valence-corrected chi connectivity index (χ1v) is 7.18. The first kappa shape index (κ1) is 13.7. The van der Waals surface area contributed by atoms with E-state index in [0.29, 0.717) is 5.41 Å². The standard InChI is InChI=1S/C16H27NO/c1-15(2,3)13-6-8-16(12-17,9-7-13)11-14-5-4-10-18-14/h4-5,10,13H,6-9,11-12,17H2,1-3H3. The molecular formula is C16H27NO. The van der Waals surface area contributed by atoms with Crippen LogP contribution in [0.4, 0.5) is 0 Å². The predicted molar refractivity (Wildman–Crippen MR) is 75.3 cm³/mol. The molecule has 1 heterocycles. The van der Waals surface area contributed by atoms with Crippen molar-refractivity contribution >= 4 is 0 Å². The van der Waals surface area contributed by atoms with Gasteiger partial charge < -0.3 is 10.2 Å². The zero-order valence-corrected chi connectivity index (χ0v) is 12.0. The largest absolute Gasteiger partial charge is 0.469 e. The van der Waals surface area contributed by atoms with Gasteiger partial charge in [-0.25, -0.2) is 0 Å². The number of hydrogen-bond acceptors (Lipinski definition) is 2. The van der Waals surface area contributed by atoms with Gasteiger partial charge in [-0.15, -0.1) is 0 Å². The van der Waals surface area contributed by atoms with Gasteiger partial charge in [0.25, 0.3) is 0 Å². The second-order valence-corrected chi connectivity index (χ2v) is 7.10. The molecule has 0 unspecified atom stereocenters. The zero-order chi connectivity index (χ0) is 13.2. The molecule has 2 heteroatoms. The van der Waals surface area contributed by atoms with Crippen molar-refractivity contribution in [1.82, 2.24) is 0 Å². The van der Waals surface area contributed by atoms with Crippen molar-refractivity contribution in [2.75, 3.05) is 6.54 Å². The fraction of sp³-hybridized carbons (Fsp3) is 0.750. The van der Waals surface area contributed by atoms with Crippen molar-refractivity contribution in [2.45, 2.75) is 52.9 Å². The fourth-order valence-corrected chi connectivity index (χ4v) is 3.33. The van der Waals surface area contributed by atoms with Crippen molar-refractivity contribution in [2.24, 2.45) is 22.5 Å². The summed E-state index contributed by atoms with van der Waals surface area (Å²) in [5.41, 5.74) is 6.78. The van der Waals surface area contributed by atoms with Crippen LogP contribution in [0.3, 0.4) is 0 Å². The van der Waals surface area contributed by atoms with Gasteiger partial charge in [-0.3, -0.25) is 0 Å². The van der Waals surface area contributed by atoms with Gasteiger partial charge >= 0.3 is 0 Å². The minimum atomic E-state index is 0.277. The summed E-state index contributed by atoms with van der Waals surface area (Å²) in [5, 5.41) is 0. The van der Waals surface area contributed by atoms with E-state index in [4.69, 9.17) is 10.2 Å². The van der Waals surface area contributed by atoms with E-state index in [0.717, 1.165) is 24.6 Å². The molecule has 0 bridgehead atoms. The first-order chi connectivity index (χ1) is 8.45. The minimum absolute atomic E-state index is 0.277. The third-order valence-corrected chi connectivity index (χ3v) is 4.83. The molecule has 0 saturated heterocycles. The molecule has 1 aromatic rings. The fourth-order valence-electron chi connectivity index (χ4n) is 3.33. The lowest BCUT2D eigenvalue weighted by molar-refractivity contribution is 0.0888. The Kier molecular flexibility index (Phi) is 3.86. The highest BCUT2D eigenvalue weighted by atomic mass is 16.3. The average Bonchev–Trinajstić information content (AvgIpc) is 2.81. The van der Waals surface area contributed by atoms with Gasteiger partial charge in [-0.05, 0) is 61.1 Å². The Morgan fingerprint density at radius 1 is 1.33 bits per heavy atom. The molecule has 1 aliphatic rings. The van der Waals surface area contributed by atoms with Crippen LogP contribution in [0.2, 0.25) is 0 Å². The Labute approximate surface area is 111 Å². The van der Waals surface area contributed by atoms with Gasteiger partial charge in [0, 0.05) is 6.42 Å². The monoisotopic (exact) mass is 249 g/mol. The zero-order valence-electron chi connectivity index (χ0n) is 12.0. The van der Waals surface area contributed by atoms with Gasteiger partial charge in [-0.1, -0.05) is 20.8 Å². The molecule has 0 amide bonds. The summed E-state index contributed by atoms with van der Waals surface area (Å²) >= 11 is 0. The lowest BCUT2D eigenvalue weighted by atomic mass is 9.63. The molecule has 0 aromatic carbocycles. The summed E-state index contributed by atoms with van der Waals surface area (Å²) in [6.45, 7) is 7.86. The summed E-state index contributed by atoms with van der Waals surface area (Å²) < 4.78 is 5.50. The molecule has 0 atom stereocenters. The number of nitrogens with two attached hydrogens (primary N) is 1. The quantitative estimate of drug-likeness (QED) is 0.879. The van der Waals surface area contributed by atoms with Crippen LogP contribution in [0.25, 0.3) is 0 Å². The van der Waals surface area contributed by atoms with Crippen LogP contribution in [0.1, 0.15) is 52.2 Å². The summed E-state index contributed by atoms with van der Waals surface area (Å²) in [7, 11) is 0. The highest BCUT2D eigenvalue weighted by Gasteiger charge is 2.38. The maximum atomic E-state index is 6.07. The Morgan fingerprint density at radius 3 is 2.44 bits per heavy atom. The van der Waals surface area contributed by atoms with Gasteiger partial charge in [0.1, 0.15) is 5.76 Å². The molecule has 1 aliphatic carbocycles. The topological polar surface area (TPSA) is 39.2 Å². The molecule has 2 nitrogen and oxygen atoms in total. The lowest BCUT2D eigenvalue weighted by Gasteiger charge is -2.43. The summed E-state index contributed by atoms with van der Waals surface area (Å²) in [4.78, 5) is 0. The van der Waals surface area contributed by atoms with Gasteiger partial charge in [0.05, 0.1) is 6.26 Å². The van der Waals surface area contributed by atoms with Crippen molar-refractivity contribution in [3.63, 3.8) is 0 Å². The molecule has 1 aromatic heterocycles. The third-order valence-electron chi connectivity index (χ3n) is 4.83. The Morgan fingerprint density at radius 2 is 2.00 bits per heavy atom. The van der Waals surface area contributed by atoms with E-state index < -0.39 is 0 Å². The highest BCUT2D eigenvalue weighted by molar-refractivity contribution is 5.04. The second-order valence-electron chi connectivity index (χ2n) is 7.10. The van der Waals surface area contributed by atoms with Crippen LogP contribution in [-0.4, -0.2) is 6.54 Å². The maximum absolute atomic E-state index is 6.07. The maximum Gasteiger partial charge on any atom is 0.104 e. The number of furan rings is 1. The molecule has 102 valence electrons. The number of rotatable bonds is 3. The summed E-state index contributed by atoms with van der Waals surface area (Å²) in [5.74, 6) is 1.93. The molecular weight excluding hydrogens is 222 g/mol. The normalized spacial score (nSPS) is 29.4. The van der Waals surface area contributed by atoms with Crippen molar-refractivity contribution in [3.8, 4) is 0 Å². The first-order valence-electron chi connectivity index (χ1n) is 7.18. The molecule has 2 rings (SSSR count). The minimum Gasteiger partial charge on any atom is -0.469 e. The van der Waals surface area contributed by atoms with Crippen molar-refractivity contribution in [3.05, 3.63) is 24.2 Å². The van der Waals surface area contributed by atoms with E-state index in [1.165, 1.54) is 25.7 Å². The second kappa shape index (κ2) is 5.08. The van der Waals surface area contributed by atoms with E-state index >= 15 is 0 Å². The SMILES string of the molecule is CC(C)(C)C1CCC(CN)(Cc2ccco2)CC1.